The first-order valence-electron chi connectivity index (χ1n) is 6.51. The van der Waals surface area contributed by atoms with Crippen molar-refractivity contribution in [1.29, 1.82) is 0 Å². The van der Waals surface area contributed by atoms with E-state index in [1.54, 1.807) is 12.1 Å². The minimum Gasteiger partial charge on any atom is -0.324 e. The molecule has 0 atom stereocenters. The largest absolute Gasteiger partial charge is 0.324 e. The van der Waals surface area contributed by atoms with Crippen LogP contribution in [0.1, 0.15) is 15.9 Å². The predicted molar refractivity (Wildman–Crippen MR) is 85.7 cm³/mol. The molecule has 0 aliphatic heterocycles. The van der Waals surface area contributed by atoms with Gasteiger partial charge in [0, 0.05) is 17.7 Å². The zero-order valence-electron chi connectivity index (χ0n) is 11.8. The highest BCUT2D eigenvalue weighted by atomic mass is 35.5. The Morgan fingerprint density at radius 3 is 2.48 bits per heavy atom. The summed E-state index contributed by atoms with van der Waals surface area (Å²) in [4.78, 5) is 34.4. The third-order valence-electron chi connectivity index (χ3n) is 3.04. The van der Waals surface area contributed by atoms with Gasteiger partial charge in [-0.1, -0.05) is 23.7 Å². The fourth-order valence-electron chi connectivity index (χ4n) is 1.93. The molecule has 0 fully saturated rings. The van der Waals surface area contributed by atoms with E-state index in [4.69, 9.17) is 17.3 Å². The molecule has 118 valence electrons. The van der Waals surface area contributed by atoms with Crippen LogP contribution in [0.3, 0.4) is 0 Å². The summed E-state index contributed by atoms with van der Waals surface area (Å²) in [6, 6.07) is 9.88. The van der Waals surface area contributed by atoms with Crippen LogP contribution < -0.4 is 11.1 Å². The molecule has 2 aromatic carbocycles. The third-order valence-corrected chi connectivity index (χ3v) is 3.37. The Hall–Kier alpha value is -2.77. The van der Waals surface area contributed by atoms with Gasteiger partial charge in [0.2, 0.25) is 5.91 Å². The first-order chi connectivity index (χ1) is 10.9. The minimum atomic E-state index is -0.627. The zero-order valence-corrected chi connectivity index (χ0v) is 12.5. The lowest BCUT2D eigenvalue weighted by Gasteiger charge is -2.10. The normalized spacial score (nSPS) is 10.2. The molecule has 7 nitrogen and oxygen atoms in total. The molecule has 0 unspecified atom stereocenters. The van der Waals surface area contributed by atoms with E-state index in [0.29, 0.717) is 0 Å². The number of hydrogen-bond donors (Lipinski definition) is 2. The van der Waals surface area contributed by atoms with Gasteiger partial charge < -0.3 is 11.1 Å². The summed E-state index contributed by atoms with van der Waals surface area (Å²) >= 11 is 5.99. The summed E-state index contributed by atoms with van der Waals surface area (Å²) in [5.74, 6) is -1.06. The summed E-state index contributed by atoms with van der Waals surface area (Å²) < 4.78 is 0. The fraction of sp³-hybridized carbons (Fsp3) is 0.0667. The lowest BCUT2D eigenvalue weighted by Crippen LogP contribution is -2.23. The van der Waals surface area contributed by atoms with E-state index in [9.17, 15) is 19.7 Å². The van der Waals surface area contributed by atoms with Gasteiger partial charge in [0.1, 0.15) is 0 Å². The molecule has 0 spiro atoms. The molecule has 23 heavy (non-hydrogen) atoms. The van der Waals surface area contributed by atoms with Crippen molar-refractivity contribution in [3.05, 3.63) is 68.7 Å². The molecule has 0 saturated heterocycles. The van der Waals surface area contributed by atoms with Crippen molar-refractivity contribution in [3.63, 3.8) is 0 Å². The van der Waals surface area contributed by atoms with Crippen molar-refractivity contribution >= 4 is 34.7 Å². The Morgan fingerprint density at radius 1 is 1.17 bits per heavy atom. The number of nitro groups is 1. The Morgan fingerprint density at radius 2 is 1.87 bits per heavy atom. The van der Waals surface area contributed by atoms with Gasteiger partial charge in [0.25, 0.3) is 5.69 Å². The highest BCUT2D eigenvalue weighted by molar-refractivity contribution is 6.35. The molecule has 2 aromatic rings. The second-order valence-electron chi connectivity index (χ2n) is 4.55. The highest BCUT2D eigenvalue weighted by Crippen LogP contribution is 2.27. The maximum Gasteiger partial charge on any atom is 0.270 e. The van der Waals surface area contributed by atoms with Gasteiger partial charge in [0.15, 0.2) is 5.78 Å². The van der Waals surface area contributed by atoms with Gasteiger partial charge >= 0.3 is 0 Å². The van der Waals surface area contributed by atoms with E-state index in [2.05, 4.69) is 5.32 Å². The van der Waals surface area contributed by atoms with Crippen molar-refractivity contribution in [2.24, 2.45) is 5.73 Å². The highest BCUT2D eigenvalue weighted by Gasteiger charge is 2.20. The maximum absolute atomic E-state index is 12.6. The molecule has 8 heteroatoms. The van der Waals surface area contributed by atoms with E-state index in [-0.39, 0.29) is 34.1 Å². The SMILES string of the molecule is NCC(=O)Nc1ccc([N+](=O)[O-])cc1C(=O)c1ccccc1Cl. The number of nitrogens with zero attached hydrogens (tertiary/aromatic N) is 1. The molecule has 0 aliphatic carbocycles. The van der Waals surface area contributed by atoms with Gasteiger partial charge in [-0.15, -0.1) is 0 Å². The van der Waals surface area contributed by atoms with Crippen molar-refractivity contribution in [2.45, 2.75) is 0 Å². The van der Waals surface area contributed by atoms with Crippen molar-refractivity contribution in [2.75, 3.05) is 11.9 Å². The zero-order chi connectivity index (χ0) is 17.0. The fourth-order valence-corrected chi connectivity index (χ4v) is 2.16. The van der Waals surface area contributed by atoms with Crippen LogP contribution in [0, 0.1) is 10.1 Å². The van der Waals surface area contributed by atoms with Crippen LogP contribution in [-0.2, 0) is 4.79 Å². The van der Waals surface area contributed by atoms with Crippen LogP contribution in [0.25, 0.3) is 0 Å². The van der Waals surface area contributed by atoms with Crippen molar-refractivity contribution < 1.29 is 14.5 Å². The molecule has 0 saturated carbocycles. The van der Waals surface area contributed by atoms with Crippen LogP contribution in [0.2, 0.25) is 5.02 Å². The van der Waals surface area contributed by atoms with E-state index < -0.39 is 16.6 Å². The van der Waals surface area contributed by atoms with E-state index in [0.717, 1.165) is 6.07 Å². The van der Waals surface area contributed by atoms with Crippen LogP contribution >= 0.6 is 11.6 Å². The van der Waals surface area contributed by atoms with Crippen molar-refractivity contribution in [3.8, 4) is 0 Å². The smallest absolute Gasteiger partial charge is 0.270 e. The number of nitro benzene ring substituents is 1. The average molecular weight is 334 g/mol. The Balaban J connectivity index is 2.55. The van der Waals surface area contributed by atoms with Crippen LogP contribution in [-0.4, -0.2) is 23.2 Å². The van der Waals surface area contributed by atoms with Crippen LogP contribution in [0.4, 0.5) is 11.4 Å². The van der Waals surface area contributed by atoms with Gasteiger partial charge in [-0.2, -0.15) is 0 Å². The molecule has 0 heterocycles. The van der Waals surface area contributed by atoms with Crippen LogP contribution in [0.15, 0.2) is 42.5 Å². The number of amides is 1. The van der Waals surface area contributed by atoms with Crippen LogP contribution in [0.5, 0.6) is 0 Å². The van der Waals surface area contributed by atoms with Gasteiger partial charge in [-0.3, -0.25) is 19.7 Å². The number of nitrogens with one attached hydrogen (secondary N) is 1. The molecule has 1 amide bonds. The molecular formula is C15H12ClN3O4. The Kier molecular flexibility index (Phi) is 5.05. The first kappa shape index (κ1) is 16.6. The van der Waals surface area contributed by atoms with Crippen molar-refractivity contribution in [1.82, 2.24) is 0 Å². The lowest BCUT2D eigenvalue weighted by molar-refractivity contribution is -0.384. The summed E-state index contributed by atoms with van der Waals surface area (Å²) in [7, 11) is 0. The second kappa shape index (κ2) is 6.99. The Bertz CT molecular complexity index is 792. The number of anilines is 1. The molecule has 0 radical (unpaired) electrons. The maximum atomic E-state index is 12.6. The molecule has 2 rings (SSSR count). The number of ketones is 1. The minimum absolute atomic E-state index is 0.0332. The number of halogens is 1. The number of nitrogens with two attached hydrogens (primary N) is 1. The van der Waals surface area contributed by atoms with Gasteiger partial charge in [0.05, 0.1) is 27.7 Å². The number of non-ortho nitro benzene ring substituents is 1. The molecule has 0 aliphatic rings. The number of hydrogen-bond acceptors (Lipinski definition) is 5. The third kappa shape index (κ3) is 3.71. The monoisotopic (exact) mass is 333 g/mol. The second-order valence-corrected chi connectivity index (χ2v) is 4.96. The van der Waals surface area contributed by atoms with Gasteiger partial charge in [-0.05, 0) is 18.2 Å². The first-order valence-corrected chi connectivity index (χ1v) is 6.89. The topological polar surface area (TPSA) is 115 Å². The van der Waals surface area contributed by atoms with E-state index >= 15 is 0 Å². The molecule has 0 aromatic heterocycles. The summed E-state index contributed by atoms with van der Waals surface area (Å²) in [6.45, 7) is -0.281. The quantitative estimate of drug-likeness (QED) is 0.495. The van der Waals surface area contributed by atoms with E-state index in [1.807, 2.05) is 0 Å². The summed E-state index contributed by atoms with van der Waals surface area (Å²) in [5, 5.41) is 13.6. The number of benzene rings is 2. The molecule has 0 bridgehead atoms. The lowest BCUT2D eigenvalue weighted by atomic mass is 10.0. The summed E-state index contributed by atoms with van der Waals surface area (Å²) in [5.41, 5.74) is 5.24. The summed E-state index contributed by atoms with van der Waals surface area (Å²) in [6.07, 6.45) is 0. The Labute approximate surface area is 136 Å². The number of carbonyl (C=O) groups is 2. The molecule has 3 N–H and O–H groups in total. The van der Waals surface area contributed by atoms with Gasteiger partial charge in [-0.25, -0.2) is 0 Å². The van der Waals surface area contributed by atoms with E-state index in [1.165, 1.54) is 24.3 Å². The predicted octanol–water partition coefficient (Wildman–Crippen LogP) is 2.38. The average Bonchev–Trinajstić information content (AvgIpc) is 2.54. The standard InChI is InChI=1S/C15H12ClN3O4/c16-12-4-2-1-3-10(12)15(21)11-7-9(19(22)23)5-6-13(11)18-14(20)8-17/h1-7H,8,17H2,(H,18,20). The number of rotatable bonds is 5. The number of carbonyl (C=O) groups excluding carboxylic acids is 2. The molecular weight excluding hydrogens is 322 g/mol.